The van der Waals surface area contributed by atoms with Crippen LogP contribution in [0.1, 0.15) is 34.1 Å². The third kappa shape index (κ3) is 2.25. The zero-order chi connectivity index (χ0) is 12.6. The van der Waals surface area contributed by atoms with Gasteiger partial charge in [0.2, 0.25) is 0 Å². The van der Waals surface area contributed by atoms with Crippen molar-refractivity contribution >= 4 is 5.78 Å². The lowest BCUT2D eigenvalue weighted by Crippen LogP contribution is -2.48. The van der Waals surface area contributed by atoms with Crippen LogP contribution in [0.3, 0.4) is 0 Å². The van der Waals surface area contributed by atoms with Gasteiger partial charge in [0.25, 0.3) is 0 Å². The first-order valence-corrected chi connectivity index (χ1v) is 5.50. The normalized spacial score (nSPS) is 31.6. The Bertz CT molecular complexity index is 350. The maximum absolute atomic E-state index is 11.5. The van der Waals surface area contributed by atoms with Gasteiger partial charge in [-0.3, -0.25) is 4.79 Å². The van der Waals surface area contributed by atoms with E-state index in [2.05, 4.69) is 0 Å². The van der Waals surface area contributed by atoms with Gasteiger partial charge in [0.15, 0.2) is 5.78 Å². The van der Waals surface area contributed by atoms with Crippen molar-refractivity contribution in [3.05, 3.63) is 23.8 Å². The fraction of sp³-hybridized carbons (Fsp3) is 0.615. The molecule has 90 valence electrons. The van der Waals surface area contributed by atoms with Gasteiger partial charge in [0.05, 0.1) is 6.10 Å². The van der Waals surface area contributed by atoms with Gasteiger partial charge in [-0.1, -0.05) is 19.9 Å². The van der Waals surface area contributed by atoms with E-state index >= 15 is 0 Å². The fourth-order valence-electron chi connectivity index (χ4n) is 2.14. The zero-order valence-electron chi connectivity index (χ0n) is 10.3. The van der Waals surface area contributed by atoms with Gasteiger partial charge in [-0.05, 0) is 31.6 Å². The molecule has 0 aromatic carbocycles. The number of carbonyl (C=O) groups excluding carboxylic acids is 1. The summed E-state index contributed by atoms with van der Waals surface area (Å²) in [4.78, 5) is 11.5. The summed E-state index contributed by atoms with van der Waals surface area (Å²) in [6.45, 7) is 7.08. The largest absolute Gasteiger partial charge is 0.389 e. The highest BCUT2D eigenvalue weighted by Crippen LogP contribution is 2.44. The van der Waals surface area contributed by atoms with Gasteiger partial charge in [-0.15, -0.1) is 0 Å². The number of rotatable bonds is 2. The molecule has 0 saturated carbocycles. The van der Waals surface area contributed by atoms with E-state index in [1.54, 1.807) is 26.0 Å². The van der Waals surface area contributed by atoms with E-state index in [0.717, 1.165) is 0 Å². The summed E-state index contributed by atoms with van der Waals surface area (Å²) in [6, 6.07) is 0. The first kappa shape index (κ1) is 13.1. The smallest absolute Gasteiger partial charge is 0.156 e. The molecule has 0 spiro atoms. The molecule has 0 aliphatic heterocycles. The molecule has 0 aromatic rings. The molecule has 0 bridgehead atoms. The third-order valence-electron chi connectivity index (χ3n) is 3.24. The topological polar surface area (TPSA) is 57.5 Å². The van der Waals surface area contributed by atoms with Crippen LogP contribution in [0.5, 0.6) is 0 Å². The van der Waals surface area contributed by atoms with Crippen LogP contribution in [-0.2, 0) is 4.79 Å². The third-order valence-corrected chi connectivity index (χ3v) is 3.24. The summed E-state index contributed by atoms with van der Waals surface area (Å²) < 4.78 is 0. The van der Waals surface area contributed by atoms with E-state index < -0.39 is 17.1 Å². The van der Waals surface area contributed by atoms with Gasteiger partial charge in [-0.25, -0.2) is 0 Å². The second-order valence-electron chi connectivity index (χ2n) is 5.22. The quantitative estimate of drug-likeness (QED) is 0.700. The summed E-state index contributed by atoms with van der Waals surface area (Å²) >= 11 is 0. The molecule has 0 radical (unpaired) electrons. The average molecular weight is 224 g/mol. The minimum absolute atomic E-state index is 0.0395. The van der Waals surface area contributed by atoms with Crippen LogP contribution in [0.15, 0.2) is 23.8 Å². The van der Waals surface area contributed by atoms with E-state index in [-0.39, 0.29) is 5.78 Å². The van der Waals surface area contributed by atoms with Crippen LogP contribution in [-0.4, -0.2) is 27.7 Å². The molecule has 0 amide bonds. The minimum atomic E-state index is -1.15. The van der Waals surface area contributed by atoms with Crippen molar-refractivity contribution in [1.82, 2.24) is 0 Å². The van der Waals surface area contributed by atoms with Crippen molar-refractivity contribution in [1.29, 1.82) is 0 Å². The fourth-order valence-corrected chi connectivity index (χ4v) is 2.14. The lowest BCUT2D eigenvalue weighted by molar-refractivity contribution is -0.121. The van der Waals surface area contributed by atoms with Gasteiger partial charge in [0.1, 0.15) is 5.60 Å². The molecule has 0 aromatic heterocycles. The number of aliphatic hydroxyl groups is 2. The predicted molar refractivity (Wildman–Crippen MR) is 62.9 cm³/mol. The maximum atomic E-state index is 11.5. The molecule has 1 aliphatic rings. The Labute approximate surface area is 96.5 Å². The Balaban J connectivity index is 3.16. The Morgan fingerprint density at radius 1 is 1.50 bits per heavy atom. The van der Waals surface area contributed by atoms with Crippen molar-refractivity contribution < 1.29 is 15.0 Å². The molecule has 2 N–H and O–H groups in total. The number of aliphatic hydroxyl groups excluding tert-OH is 1. The van der Waals surface area contributed by atoms with E-state index in [4.69, 9.17) is 0 Å². The van der Waals surface area contributed by atoms with Gasteiger partial charge < -0.3 is 10.2 Å². The summed E-state index contributed by atoms with van der Waals surface area (Å²) in [5, 5.41) is 19.8. The summed E-state index contributed by atoms with van der Waals surface area (Å²) in [6.07, 6.45) is 4.33. The highest BCUT2D eigenvalue weighted by Gasteiger charge is 2.46. The molecule has 1 unspecified atom stereocenters. The first-order valence-electron chi connectivity index (χ1n) is 5.50. The maximum Gasteiger partial charge on any atom is 0.156 e. The molecule has 1 aliphatic carbocycles. The van der Waals surface area contributed by atoms with Gasteiger partial charge >= 0.3 is 0 Å². The first-order chi connectivity index (χ1) is 7.19. The van der Waals surface area contributed by atoms with Gasteiger partial charge in [-0.2, -0.15) is 0 Å². The van der Waals surface area contributed by atoms with Crippen molar-refractivity contribution in [2.24, 2.45) is 5.41 Å². The highest BCUT2D eigenvalue weighted by atomic mass is 16.3. The lowest BCUT2D eigenvalue weighted by atomic mass is 9.64. The van der Waals surface area contributed by atoms with Crippen molar-refractivity contribution in [3.63, 3.8) is 0 Å². The summed E-state index contributed by atoms with van der Waals surface area (Å²) in [5.74, 6) is 0.0395. The zero-order valence-corrected chi connectivity index (χ0v) is 10.3. The summed E-state index contributed by atoms with van der Waals surface area (Å²) in [7, 11) is 0. The van der Waals surface area contributed by atoms with Crippen LogP contribution in [0.2, 0.25) is 0 Å². The Morgan fingerprint density at radius 3 is 2.50 bits per heavy atom. The molecular weight excluding hydrogens is 204 g/mol. The minimum Gasteiger partial charge on any atom is -0.389 e. The molecule has 3 heteroatoms. The van der Waals surface area contributed by atoms with Crippen LogP contribution >= 0.6 is 0 Å². The average Bonchev–Trinajstić information content (AvgIpc) is 2.10. The second kappa shape index (κ2) is 4.15. The van der Waals surface area contributed by atoms with Crippen LogP contribution < -0.4 is 0 Å². The van der Waals surface area contributed by atoms with Crippen LogP contribution in [0.4, 0.5) is 0 Å². The Hall–Kier alpha value is -0.930. The highest BCUT2D eigenvalue weighted by molar-refractivity contribution is 5.92. The number of ketones is 1. The van der Waals surface area contributed by atoms with E-state index in [0.29, 0.717) is 12.0 Å². The molecule has 0 heterocycles. The second-order valence-corrected chi connectivity index (χ2v) is 5.22. The van der Waals surface area contributed by atoms with E-state index in [1.807, 2.05) is 13.8 Å². The number of hydrogen-bond donors (Lipinski definition) is 2. The summed E-state index contributed by atoms with van der Waals surface area (Å²) in [5.41, 5.74) is -1.07. The van der Waals surface area contributed by atoms with Crippen LogP contribution in [0.25, 0.3) is 0 Å². The van der Waals surface area contributed by atoms with E-state index in [1.165, 1.54) is 6.08 Å². The molecule has 1 rings (SSSR count). The molecular formula is C13H20O3. The molecule has 16 heavy (non-hydrogen) atoms. The number of carbonyl (C=O) groups is 1. The van der Waals surface area contributed by atoms with Crippen molar-refractivity contribution in [2.75, 3.05) is 0 Å². The van der Waals surface area contributed by atoms with Crippen LogP contribution in [0, 0.1) is 5.41 Å². The lowest BCUT2D eigenvalue weighted by Gasteiger charge is -2.44. The molecule has 0 saturated heterocycles. The predicted octanol–water partition coefficient (Wildman–Crippen LogP) is 1.60. The number of hydrogen-bond acceptors (Lipinski definition) is 3. The Morgan fingerprint density at radius 2 is 2.06 bits per heavy atom. The van der Waals surface area contributed by atoms with Crippen molar-refractivity contribution in [2.45, 2.75) is 45.8 Å². The SMILES string of the molecule is CC1=CC(=O)CC(C)(C)[C@@]1(O)C=CC(C)O. The number of allylic oxidation sites excluding steroid dienone is 1. The Kier molecular flexibility index (Phi) is 3.41. The monoisotopic (exact) mass is 224 g/mol. The van der Waals surface area contributed by atoms with Crippen molar-refractivity contribution in [3.8, 4) is 0 Å². The van der Waals surface area contributed by atoms with Gasteiger partial charge in [0, 0.05) is 11.8 Å². The molecule has 0 fully saturated rings. The molecule has 2 atom stereocenters. The standard InChI is InChI=1S/C13H20O3/c1-9-7-11(15)8-12(3,4)13(9,16)6-5-10(2)14/h5-7,10,14,16H,8H2,1-4H3/t10?,13-/m1/s1. The van der Waals surface area contributed by atoms with E-state index in [9.17, 15) is 15.0 Å². The molecule has 3 nitrogen and oxygen atoms in total.